The van der Waals surface area contributed by atoms with Crippen molar-refractivity contribution in [3.8, 4) is 0 Å². The van der Waals surface area contributed by atoms with Crippen molar-refractivity contribution >= 4 is 5.78 Å². The fourth-order valence-electron chi connectivity index (χ4n) is 1.98. The second kappa shape index (κ2) is 4.31. The number of carbonyl (C=O) groups excluding carboxylic acids is 1. The molecule has 0 saturated carbocycles. The molecule has 4 heteroatoms. The predicted molar refractivity (Wildman–Crippen MR) is 59.0 cm³/mol. The van der Waals surface area contributed by atoms with E-state index in [2.05, 4.69) is 0 Å². The van der Waals surface area contributed by atoms with E-state index in [-0.39, 0.29) is 11.9 Å². The zero-order valence-corrected chi connectivity index (χ0v) is 9.11. The Morgan fingerprint density at radius 2 is 2.00 bits per heavy atom. The van der Waals surface area contributed by atoms with E-state index in [1.807, 2.05) is 30.3 Å². The van der Waals surface area contributed by atoms with Gasteiger partial charge in [0.15, 0.2) is 24.3 Å². The molecule has 2 heterocycles. The molecule has 4 nitrogen and oxygen atoms in total. The zero-order valence-electron chi connectivity index (χ0n) is 9.11. The van der Waals surface area contributed by atoms with Gasteiger partial charge in [0.05, 0.1) is 12.9 Å². The molecule has 1 saturated heterocycles. The van der Waals surface area contributed by atoms with E-state index in [1.165, 1.54) is 12.3 Å². The Balaban J connectivity index is 1.79. The average molecular weight is 232 g/mol. The van der Waals surface area contributed by atoms with Crippen LogP contribution in [0.1, 0.15) is 11.9 Å². The summed E-state index contributed by atoms with van der Waals surface area (Å²) in [6.07, 6.45) is 1.43. The number of benzene rings is 1. The highest BCUT2D eigenvalue weighted by molar-refractivity contribution is 5.94. The number of hydrogen-bond acceptors (Lipinski definition) is 4. The maximum atomic E-state index is 11.7. The van der Waals surface area contributed by atoms with Gasteiger partial charge in [-0.2, -0.15) is 0 Å². The van der Waals surface area contributed by atoms with Gasteiger partial charge < -0.3 is 14.2 Å². The molecule has 0 amide bonds. The predicted octanol–water partition coefficient (Wildman–Crippen LogP) is 1.58. The van der Waals surface area contributed by atoms with Crippen LogP contribution in [0.5, 0.6) is 0 Å². The average Bonchev–Trinajstić information content (AvgIpc) is 2.40. The molecule has 3 rings (SSSR count). The third-order valence-electron chi connectivity index (χ3n) is 2.86. The normalized spacial score (nSPS) is 31.8. The first-order valence-corrected chi connectivity index (χ1v) is 5.52. The maximum absolute atomic E-state index is 11.7. The first-order chi connectivity index (χ1) is 8.34. The summed E-state index contributed by atoms with van der Waals surface area (Å²) in [4.78, 5) is 11.7. The summed E-state index contributed by atoms with van der Waals surface area (Å²) in [7, 11) is 0. The van der Waals surface area contributed by atoms with Gasteiger partial charge >= 0.3 is 0 Å². The van der Waals surface area contributed by atoms with Gasteiger partial charge in [0.1, 0.15) is 0 Å². The lowest BCUT2D eigenvalue weighted by atomic mass is 10.1. The quantitative estimate of drug-likeness (QED) is 0.737. The largest absolute Gasteiger partial charge is 0.492 e. The molecule has 2 aliphatic rings. The van der Waals surface area contributed by atoms with Gasteiger partial charge in [-0.1, -0.05) is 30.3 Å². The number of ketones is 1. The van der Waals surface area contributed by atoms with Crippen LogP contribution in [-0.2, 0) is 19.0 Å². The lowest BCUT2D eigenvalue weighted by molar-refractivity contribution is -0.252. The number of hydrogen-bond donors (Lipinski definition) is 0. The van der Waals surface area contributed by atoms with Gasteiger partial charge in [0, 0.05) is 11.6 Å². The second-order valence-electron chi connectivity index (χ2n) is 4.01. The van der Waals surface area contributed by atoms with Gasteiger partial charge in [-0.25, -0.2) is 0 Å². The Hall–Kier alpha value is -1.65. The van der Waals surface area contributed by atoms with Crippen LogP contribution < -0.4 is 0 Å². The topological polar surface area (TPSA) is 44.8 Å². The summed E-state index contributed by atoms with van der Waals surface area (Å²) < 4.78 is 16.5. The van der Waals surface area contributed by atoms with E-state index in [4.69, 9.17) is 14.2 Å². The van der Waals surface area contributed by atoms with Gasteiger partial charge in [-0.3, -0.25) is 4.79 Å². The summed E-state index contributed by atoms with van der Waals surface area (Å²) in [5.41, 5.74) is 0.910. The summed E-state index contributed by atoms with van der Waals surface area (Å²) in [5, 5.41) is 0. The molecule has 17 heavy (non-hydrogen) atoms. The molecule has 1 fully saturated rings. The lowest BCUT2D eigenvalue weighted by Crippen LogP contribution is -2.47. The van der Waals surface area contributed by atoms with Crippen molar-refractivity contribution in [3.05, 3.63) is 48.2 Å². The molecule has 0 spiro atoms. The molecule has 0 aromatic heterocycles. The molecule has 1 aromatic rings. The molecule has 0 unspecified atom stereocenters. The van der Waals surface area contributed by atoms with Crippen molar-refractivity contribution in [1.82, 2.24) is 0 Å². The molecule has 88 valence electrons. The number of ether oxygens (including phenoxy) is 3. The number of carbonyl (C=O) groups is 1. The lowest BCUT2D eigenvalue weighted by Gasteiger charge is -2.36. The van der Waals surface area contributed by atoms with Crippen LogP contribution >= 0.6 is 0 Å². The molecule has 2 aliphatic heterocycles. The molecular weight excluding hydrogens is 220 g/mol. The van der Waals surface area contributed by atoms with Gasteiger partial charge in [-0.15, -0.1) is 0 Å². The maximum Gasteiger partial charge on any atom is 0.191 e. The van der Waals surface area contributed by atoms with Gasteiger partial charge in [-0.05, 0) is 0 Å². The van der Waals surface area contributed by atoms with E-state index in [9.17, 15) is 4.79 Å². The minimum absolute atomic E-state index is 0.0644. The van der Waals surface area contributed by atoms with E-state index >= 15 is 0 Å². The molecule has 0 radical (unpaired) electrons. The van der Waals surface area contributed by atoms with E-state index in [0.717, 1.165) is 5.56 Å². The van der Waals surface area contributed by atoms with E-state index in [1.54, 1.807) is 0 Å². The first kappa shape index (κ1) is 10.5. The fourth-order valence-corrected chi connectivity index (χ4v) is 1.98. The Morgan fingerprint density at radius 3 is 2.82 bits per heavy atom. The molecule has 1 aromatic carbocycles. The highest BCUT2D eigenvalue weighted by atomic mass is 16.7. The second-order valence-corrected chi connectivity index (χ2v) is 4.01. The van der Waals surface area contributed by atoms with Crippen LogP contribution in [0.3, 0.4) is 0 Å². The summed E-state index contributed by atoms with van der Waals surface area (Å²) in [6, 6.07) is 9.57. The van der Waals surface area contributed by atoms with Crippen molar-refractivity contribution < 1.29 is 19.0 Å². The van der Waals surface area contributed by atoms with Crippen LogP contribution in [0.2, 0.25) is 0 Å². The molecule has 0 aliphatic carbocycles. The van der Waals surface area contributed by atoms with Crippen LogP contribution in [0, 0.1) is 0 Å². The van der Waals surface area contributed by atoms with Crippen molar-refractivity contribution in [2.24, 2.45) is 0 Å². The smallest absolute Gasteiger partial charge is 0.191 e. The van der Waals surface area contributed by atoms with E-state index in [0.29, 0.717) is 6.61 Å². The minimum atomic E-state index is -0.557. The van der Waals surface area contributed by atoms with Crippen LogP contribution in [0.15, 0.2) is 42.7 Å². The van der Waals surface area contributed by atoms with Crippen molar-refractivity contribution in [2.45, 2.75) is 18.5 Å². The number of rotatable bonds is 1. The third-order valence-corrected chi connectivity index (χ3v) is 2.86. The molecular formula is C13H12O4. The Bertz CT molecular complexity index is 440. The summed E-state index contributed by atoms with van der Waals surface area (Å²) in [6.45, 7) is 0.361. The van der Waals surface area contributed by atoms with Gasteiger partial charge in [0.2, 0.25) is 0 Å². The standard InChI is InChI=1S/C13H12O4/c14-10-6-7-15-11-8-16-13(17-12(10)11)9-4-2-1-3-5-9/h1-7,11-13H,8H2/t11-,12+,13+/m1/s1. The Kier molecular flexibility index (Phi) is 2.66. The Morgan fingerprint density at radius 1 is 1.18 bits per heavy atom. The highest BCUT2D eigenvalue weighted by Gasteiger charge is 2.39. The van der Waals surface area contributed by atoms with Crippen LogP contribution in [0.25, 0.3) is 0 Å². The monoisotopic (exact) mass is 232 g/mol. The van der Waals surface area contributed by atoms with Gasteiger partial charge in [0.25, 0.3) is 0 Å². The Labute approximate surface area is 98.8 Å². The first-order valence-electron chi connectivity index (χ1n) is 5.52. The van der Waals surface area contributed by atoms with Crippen molar-refractivity contribution in [3.63, 3.8) is 0 Å². The highest BCUT2D eigenvalue weighted by Crippen LogP contribution is 2.29. The van der Waals surface area contributed by atoms with Crippen molar-refractivity contribution in [1.29, 1.82) is 0 Å². The number of fused-ring (bicyclic) bond motifs is 1. The van der Waals surface area contributed by atoms with E-state index < -0.39 is 12.4 Å². The SMILES string of the molecule is O=C1C=CO[C@@H]2CO[C@H](c3ccccc3)O[C@@H]12. The fraction of sp³-hybridized carbons (Fsp3) is 0.308. The zero-order chi connectivity index (χ0) is 11.7. The minimum Gasteiger partial charge on any atom is -0.492 e. The molecule has 3 atom stereocenters. The third kappa shape index (κ3) is 1.97. The van der Waals surface area contributed by atoms with Crippen molar-refractivity contribution in [2.75, 3.05) is 6.61 Å². The summed E-state index contributed by atoms with van der Waals surface area (Å²) in [5.74, 6) is -0.0644. The summed E-state index contributed by atoms with van der Waals surface area (Å²) >= 11 is 0. The molecule has 0 N–H and O–H groups in total. The van der Waals surface area contributed by atoms with Crippen LogP contribution in [-0.4, -0.2) is 24.6 Å². The molecule has 0 bridgehead atoms. The van der Waals surface area contributed by atoms with Crippen LogP contribution in [0.4, 0.5) is 0 Å².